The highest BCUT2D eigenvalue weighted by atomic mass is 16.5. The Bertz CT molecular complexity index is 699. The average Bonchev–Trinajstić information content (AvgIpc) is 2.61. The normalized spacial score (nSPS) is 19.7. The molecule has 1 amide bonds. The van der Waals surface area contributed by atoms with E-state index in [1.807, 2.05) is 60.7 Å². The number of rotatable bonds is 6. The van der Waals surface area contributed by atoms with Crippen LogP contribution in [0.25, 0.3) is 0 Å². The van der Waals surface area contributed by atoms with Gasteiger partial charge in [-0.15, -0.1) is 0 Å². The molecule has 0 saturated carbocycles. The molecule has 0 N–H and O–H groups in total. The highest BCUT2D eigenvalue weighted by Crippen LogP contribution is 2.40. The fraction of sp³-hybridized carbons (Fsp3) is 0.300. The van der Waals surface area contributed by atoms with Crippen molar-refractivity contribution in [2.75, 3.05) is 13.2 Å². The molecular formula is C20H21NO3. The van der Waals surface area contributed by atoms with Crippen LogP contribution in [0.4, 0.5) is 0 Å². The number of carbonyl (C=O) groups is 2. The minimum atomic E-state index is -0.719. The summed E-state index contributed by atoms with van der Waals surface area (Å²) in [5, 5.41) is 0. The second-order valence-electron chi connectivity index (χ2n) is 5.85. The highest BCUT2D eigenvalue weighted by molar-refractivity contribution is 6.03. The van der Waals surface area contributed by atoms with E-state index in [9.17, 15) is 9.59 Å². The summed E-state index contributed by atoms with van der Waals surface area (Å²) in [6.45, 7) is 2.64. The smallest absolute Gasteiger partial charge is 0.321 e. The van der Waals surface area contributed by atoms with Gasteiger partial charge in [0.25, 0.3) is 0 Å². The van der Waals surface area contributed by atoms with Crippen LogP contribution in [0, 0.1) is 5.92 Å². The largest absolute Gasteiger partial charge is 0.465 e. The SMILES string of the molecule is CCOC(=O)[C@H]1C(=O)N(CCc2ccccc2)[C@H]1c1ccccc1. The van der Waals surface area contributed by atoms with Gasteiger partial charge in [0.15, 0.2) is 5.92 Å². The van der Waals surface area contributed by atoms with Crippen molar-refractivity contribution in [2.45, 2.75) is 19.4 Å². The highest BCUT2D eigenvalue weighted by Gasteiger charge is 2.52. The molecule has 0 unspecified atom stereocenters. The van der Waals surface area contributed by atoms with Gasteiger partial charge >= 0.3 is 5.97 Å². The van der Waals surface area contributed by atoms with Crippen LogP contribution in [-0.2, 0) is 20.7 Å². The van der Waals surface area contributed by atoms with Crippen LogP contribution >= 0.6 is 0 Å². The summed E-state index contributed by atoms with van der Waals surface area (Å²) < 4.78 is 5.09. The Kier molecular flexibility index (Phi) is 4.94. The molecule has 0 radical (unpaired) electrons. The van der Waals surface area contributed by atoms with Crippen molar-refractivity contribution in [3.8, 4) is 0 Å². The van der Waals surface area contributed by atoms with Gasteiger partial charge in [0.1, 0.15) is 0 Å². The third-order valence-electron chi connectivity index (χ3n) is 4.37. The van der Waals surface area contributed by atoms with E-state index in [0.29, 0.717) is 6.54 Å². The third kappa shape index (κ3) is 3.18. The maximum atomic E-state index is 12.5. The first-order valence-corrected chi connectivity index (χ1v) is 8.28. The number of esters is 1. The van der Waals surface area contributed by atoms with Gasteiger partial charge < -0.3 is 9.64 Å². The fourth-order valence-corrected chi connectivity index (χ4v) is 3.18. The Labute approximate surface area is 142 Å². The topological polar surface area (TPSA) is 46.6 Å². The summed E-state index contributed by atoms with van der Waals surface area (Å²) in [5.41, 5.74) is 2.15. The molecule has 1 saturated heterocycles. The van der Waals surface area contributed by atoms with Crippen LogP contribution in [-0.4, -0.2) is 29.9 Å². The van der Waals surface area contributed by atoms with E-state index in [1.165, 1.54) is 5.56 Å². The Morgan fingerprint density at radius 3 is 2.29 bits per heavy atom. The number of benzene rings is 2. The standard InChI is InChI=1S/C20H21NO3/c1-2-24-20(23)17-18(16-11-7-4-8-12-16)21(19(17)22)14-13-15-9-5-3-6-10-15/h3-12,17-18H,2,13-14H2,1H3/t17-,18+/m1/s1. The van der Waals surface area contributed by atoms with E-state index in [0.717, 1.165) is 12.0 Å². The summed E-state index contributed by atoms with van der Waals surface area (Å²) in [6, 6.07) is 19.5. The Hall–Kier alpha value is -2.62. The van der Waals surface area contributed by atoms with Crippen molar-refractivity contribution in [3.63, 3.8) is 0 Å². The first-order valence-electron chi connectivity index (χ1n) is 8.28. The second-order valence-corrected chi connectivity index (χ2v) is 5.85. The van der Waals surface area contributed by atoms with Crippen LogP contribution in [0.3, 0.4) is 0 Å². The lowest BCUT2D eigenvalue weighted by molar-refractivity contribution is -0.173. The van der Waals surface area contributed by atoms with Crippen LogP contribution in [0.5, 0.6) is 0 Å². The van der Waals surface area contributed by atoms with Crippen LogP contribution < -0.4 is 0 Å². The Balaban J connectivity index is 1.77. The molecule has 1 heterocycles. The molecule has 0 bridgehead atoms. The van der Waals surface area contributed by atoms with Crippen molar-refractivity contribution in [1.82, 2.24) is 4.90 Å². The monoisotopic (exact) mass is 323 g/mol. The average molecular weight is 323 g/mol. The molecule has 24 heavy (non-hydrogen) atoms. The minimum absolute atomic E-state index is 0.141. The number of hydrogen-bond donors (Lipinski definition) is 0. The molecule has 0 aliphatic carbocycles. The second kappa shape index (κ2) is 7.30. The summed E-state index contributed by atoms with van der Waals surface area (Å²) in [7, 11) is 0. The third-order valence-corrected chi connectivity index (χ3v) is 4.37. The number of hydrogen-bond acceptors (Lipinski definition) is 3. The number of amides is 1. The maximum absolute atomic E-state index is 12.5. The molecule has 3 rings (SSSR count). The summed E-state index contributed by atoms with van der Waals surface area (Å²) in [4.78, 5) is 26.5. The molecule has 0 aromatic heterocycles. The van der Waals surface area contributed by atoms with Crippen LogP contribution in [0.1, 0.15) is 24.1 Å². The van der Waals surface area contributed by atoms with E-state index in [1.54, 1.807) is 11.8 Å². The minimum Gasteiger partial charge on any atom is -0.465 e. The van der Waals surface area contributed by atoms with Crippen molar-refractivity contribution in [2.24, 2.45) is 5.92 Å². The maximum Gasteiger partial charge on any atom is 0.321 e. The molecule has 1 fully saturated rings. The van der Waals surface area contributed by atoms with Gasteiger partial charge in [-0.2, -0.15) is 0 Å². The number of likely N-dealkylation sites (tertiary alicyclic amines) is 1. The lowest BCUT2D eigenvalue weighted by Gasteiger charge is -2.46. The first-order chi connectivity index (χ1) is 11.7. The molecule has 2 aromatic rings. The molecule has 1 aliphatic heterocycles. The van der Waals surface area contributed by atoms with E-state index in [4.69, 9.17) is 4.74 Å². The quantitative estimate of drug-likeness (QED) is 0.466. The van der Waals surface area contributed by atoms with E-state index in [2.05, 4.69) is 0 Å². The molecule has 2 atom stereocenters. The van der Waals surface area contributed by atoms with Gasteiger partial charge in [-0.25, -0.2) is 0 Å². The fourth-order valence-electron chi connectivity index (χ4n) is 3.18. The molecule has 2 aromatic carbocycles. The van der Waals surface area contributed by atoms with Crippen LogP contribution in [0.15, 0.2) is 60.7 Å². The van der Waals surface area contributed by atoms with Crippen molar-refractivity contribution in [3.05, 3.63) is 71.8 Å². The zero-order valence-electron chi connectivity index (χ0n) is 13.7. The number of nitrogens with zero attached hydrogens (tertiary/aromatic N) is 1. The van der Waals surface area contributed by atoms with Crippen molar-refractivity contribution < 1.29 is 14.3 Å². The van der Waals surface area contributed by atoms with Gasteiger partial charge in [0.2, 0.25) is 5.91 Å². The summed E-state index contributed by atoms with van der Waals surface area (Å²) >= 11 is 0. The molecular weight excluding hydrogens is 302 g/mol. The van der Waals surface area contributed by atoms with Crippen LogP contribution in [0.2, 0.25) is 0 Å². The number of carbonyl (C=O) groups excluding carboxylic acids is 2. The zero-order valence-corrected chi connectivity index (χ0v) is 13.7. The molecule has 1 aliphatic rings. The van der Waals surface area contributed by atoms with E-state index >= 15 is 0 Å². The molecule has 4 nitrogen and oxygen atoms in total. The van der Waals surface area contributed by atoms with E-state index in [-0.39, 0.29) is 18.6 Å². The summed E-state index contributed by atoms with van der Waals surface area (Å²) in [5.74, 6) is -1.28. The van der Waals surface area contributed by atoms with Crippen molar-refractivity contribution in [1.29, 1.82) is 0 Å². The lowest BCUT2D eigenvalue weighted by atomic mass is 9.82. The predicted octanol–water partition coefficient (Wildman–Crippen LogP) is 2.99. The van der Waals surface area contributed by atoms with Gasteiger partial charge in [-0.3, -0.25) is 9.59 Å². The van der Waals surface area contributed by atoms with Gasteiger partial charge in [0, 0.05) is 6.54 Å². The number of ether oxygens (including phenoxy) is 1. The molecule has 124 valence electrons. The first kappa shape index (κ1) is 16.2. The predicted molar refractivity (Wildman–Crippen MR) is 91.2 cm³/mol. The van der Waals surface area contributed by atoms with Crippen molar-refractivity contribution >= 4 is 11.9 Å². The molecule has 0 spiro atoms. The Morgan fingerprint density at radius 1 is 1.04 bits per heavy atom. The van der Waals surface area contributed by atoms with Gasteiger partial charge in [0.05, 0.1) is 12.6 Å². The summed E-state index contributed by atoms with van der Waals surface area (Å²) in [6.07, 6.45) is 0.769. The lowest BCUT2D eigenvalue weighted by Crippen LogP contribution is -2.58. The number of β-lactam (4-membered cyclic amide) rings is 1. The van der Waals surface area contributed by atoms with Gasteiger partial charge in [-0.05, 0) is 24.5 Å². The Morgan fingerprint density at radius 2 is 1.67 bits per heavy atom. The van der Waals surface area contributed by atoms with E-state index < -0.39 is 11.9 Å². The zero-order chi connectivity index (χ0) is 16.9. The van der Waals surface area contributed by atoms with Gasteiger partial charge in [-0.1, -0.05) is 60.7 Å². The molecule has 4 heteroatoms.